The first-order chi connectivity index (χ1) is 9.51. The molecular weight excluding hydrogens is 342 g/mol. The van der Waals surface area contributed by atoms with Gasteiger partial charge in [0.2, 0.25) is 0 Å². The van der Waals surface area contributed by atoms with Crippen LogP contribution in [0.1, 0.15) is 16.1 Å². The number of halogens is 2. The number of hydrogen-bond acceptors (Lipinski definition) is 3. The van der Waals surface area contributed by atoms with E-state index in [1.807, 2.05) is 13.0 Å². The van der Waals surface area contributed by atoms with Gasteiger partial charge in [0.05, 0.1) is 17.6 Å². The fourth-order valence-electron chi connectivity index (χ4n) is 1.60. The van der Waals surface area contributed by atoms with Crippen molar-refractivity contribution in [3.05, 3.63) is 51.2 Å². The molecular formula is C14H13BrClN3O. The lowest BCUT2D eigenvalue weighted by Gasteiger charge is -2.09. The third kappa shape index (κ3) is 3.29. The van der Waals surface area contributed by atoms with Crippen molar-refractivity contribution in [2.24, 2.45) is 0 Å². The Hall–Kier alpha value is -1.59. The molecule has 1 amide bonds. The lowest BCUT2D eigenvalue weighted by molar-refractivity contribution is 0.102. The highest BCUT2D eigenvalue weighted by Crippen LogP contribution is 2.29. The third-order valence-electron chi connectivity index (χ3n) is 2.78. The fraction of sp³-hybridized carbons (Fsp3) is 0.143. The maximum Gasteiger partial charge on any atom is 0.274 e. The molecule has 2 rings (SSSR count). The van der Waals surface area contributed by atoms with Gasteiger partial charge in [0.15, 0.2) is 0 Å². The number of pyridine rings is 1. The van der Waals surface area contributed by atoms with Crippen LogP contribution in [0.25, 0.3) is 0 Å². The molecule has 0 atom stereocenters. The van der Waals surface area contributed by atoms with Crippen LogP contribution in [0.4, 0.5) is 11.4 Å². The zero-order valence-corrected chi connectivity index (χ0v) is 13.3. The van der Waals surface area contributed by atoms with Gasteiger partial charge in [-0.2, -0.15) is 0 Å². The van der Waals surface area contributed by atoms with Crippen LogP contribution in [0.5, 0.6) is 0 Å². The number of aryl methyl sites for hydroxylation is 1. The predicted molar refractivity (Wildman–Crippen MR) is 85.6 cm³/mol. The predicted octanol–water partition coefficient (Wildman–Crippen LogP) is 4.10. The van der Waals surface area contributed by atoms with Gasteiger partial charge in [-0.1, -0.05) is 11.6 Å². The molecule has 0 saturated carbocycles. The van der Waals surface area contributed by atoms with Gasteiger partial charge in [-0.05, 0) is 52.7 Å². The number of anilines is 2. The Labute approximate surface area is 130 Å². The van der Waals surface area contributed by atoms with Gasteiger partial charge in [0.25, 0.3) is 5.91 Å². The van der Waals surface area contributed by atoms with Crippen LogP contribution in [-0.4, -0.2) is 17.9 Å². The molecule has 104 valence electrons. The first kappa shape index (κ1) is 14.8. The highest BCUT2D eigenvalue weighted by atomic mass is 79.9. The summed E-state index contributed by atoms with van der Waals surface area (Å²) in [7, 11) is 1.79. The summed E-state index contributed by atoms with van der Waals surface area (Å²) >= 11 is 9.46. The molecule has 0 unspecified atom stereocenters. The molecule has 4 nitrogen and oxygen atoms in total. The molecule has 1 aromatic carbocycles. The van der Waals surface area contributed by atoms with E-state index >= 15 is 0 Å². The molecule has 0 saturated heterocycles. The molecule has 1 aromatic heterocycles. The number of carbonyl (C=O) groups is 1. The van der Waals surface area contributed by atoms with Crippen molar-refractivity contribution in [2.45, 2.75) is 6.92 Å². The van der Waals surface area contributed by atoms with Crippen molar-refractivity contribution >= 4 is 44.8 Å². The Bertz CT molecular complexity index is 644. The van der Waals surface area contributed by atoms with Crippen LogP contribution in [0.2, 0.25) is 5.02 Å². The van der Waals surface area contributed by atoms with E-state index in [0.29, 0.717) is 16.4 Å². The topological polar surface area (TPSA) is 54.0 Å². The summed E-state index contributed by atoms with van der Waals surface area (Å²) in [5, 5.41) is 6.32. The second kappa shape index (κ2) is 6.24. The number of amides is 1. The molecule has 0 spiro atoms. The normalized spacial score (nSPS) is 10.2. The van der Waals surface area contributed by atoms with Crippen LogP contribution in [0, 0.1) is 6.92 Å². The Balaban J connectivity index is 2.20. The summed E-state index contributed by atoms with van der Waals surface area (Å²) in [5.74, 6) is -0.284. The van der Waals surface area contributed by atoms with E-state index in [9.17, 15) is 4.79 Å². The molecule has 20 heavy (non-hydrogen) atoms. The van der Waals surface area contributed by atoms with Gasteiger partial charge in [0.1, 0.15) is 5.69 Å². The Kier molecular flexibility index (Phi) is 4.62. The van der Waals surface area contributed by atoms with Crippen molar-refractivity contribution in [1.82, 2.24) is 4.98 Å². The van der Waals surface area contributed by atoms with Crippen molar-refractivity contribution < 1.29 is 4.79 Å². The molecule has 0 bridgehead atoms. The second-order valence-electron chi connectivity index (χ2n) is 4.22. The molecule has 0 aliphatic heterocycles. The fourth-order valence-corrected chi connectivity index (χ4v) is 2.33. The van der Waals surface area contributed by atoms with Gasteiger partial charge in [-0.15, -0.1) is 0 Å². The maximum atomic E-state index is 12.1. The molecule has 2 aromatic rings. The van der Waals surface area contributed by atoms with Crippen LogP contribution in [-0.2, 0) is 0 Å². The average Bonchev–Trinajstić information content (AvgIpc) is 2.44. The molecule has 0 aliphatic rings. The molecule has 6 heteroatoms. The number of aromatic nitrogens is 1. The summed E-state index contributed by atoms with van der Waals surface area (Å²) < 4.78 is 0.777. The number of carbonyl (C=O) groups excluding carboxylic acids is 1. The minimum absolute atomic E-state index is 0.284. The molecule has 1 heterocycles. The summed E-state index contributed by atoms with van der Waals surface area (Å²) in [6, 6.07) is 7.01. The maximum absolute atomic E-state index is 12.1. The second-order valence-corrected chi connectivity index (χ2v) is 5.48. The Morgan fingerprint density at radius 3 is 2.70 bits per heavy atom. The number of benzene rings is 1. The van der Waals surface area contributed by atoms with Gasteiger partial charge in [-0.25, -0.2) is 4.98 Å². The quantitative estimate of drug-likeness (QED) is 0.872. The minimum Gasteiger partial charge on any atom is -0.387 e. The summed E-state index contributed by atoms with van der Waals surface area (Å²) in [6.07, 6.45) is 1.60. The molecule has 0 fully saturated rings. The lowest BCUT2D eigenvalue weighted by Crippen LogP contribution is -2.14. The highest BCUT2D eigenvalue weighted by molar-refractivity contribution is 9.10. The number of nitrogens with one attached hydrogen (secondary N) is 2. The van der Waals surface area contributed by atoms with E-state index in [2.05, 4.69) is 31.5 Å². The van der Waals surface area contributed by atoms with Crippen LogP contribution in [0.15, 0.2) is 34.9 Å². The van der Waals surface area contributed by atoms with Gasteiger partial charge in [-0.3, -0.25) is 4.79 Å². The summed E-state index contributed by atoms with van der Waals surface area (Å²) in [5.41, 5.74) is 2.74. The largest absolute Gasteiger partial charge is 0.387 e. The van der Waals surface area contributed by atoms with Crippen LogP contribution in [0.3, 0.4) is 0 Å². The smallest absolute Gasteiger partial charge is 0.274 e. The Morgan fingerprint density at radius 2 is 2.10 bits per heavy atom. The lowest BCUT2D eigenvalue weighted by atomic mass is 10.2. The van der Waals surface area contributed by atoms with Crippen molar-refractivity contribution in [1.29, 1.82) is 0 Å². The van der Waals surface area contributed by atoms with E-state index in [-0.39, 0.29) is 5.91 Å². The number of hydrogen-bond donors (Lipinski definition) is 2. The van der Waals surface area contributed by atoms with Crippen LogP contribution < -0.4 is 10.6 Å². The number of rotatable bonds is 3. The van der Waals surface area contributed by atoms with Crippen molar-refractivity contribution in [3.63, 3.8) is 0 Å². The van der Waals surface area contributed by atoms with E-state index in [1.165, 1.54) is 0 Å². The third-order valence-corrected chi connectivity index (χ3v) is 3.84. The van der Waals surface area contributed by atoms with E-state index < -0.39 is 0 Å². The van der Waals surface area contributed by atoms with E-state index in [0.717, 1.165) is 15.7 Å². The Morgan fingerprint density at radius 1 is 1.35 bits per heavy atom. The molecule has 0 radical (unpaired) electrons. The van der Waals surface area contributed by atoms with Gasteiger partial charge < -0.3 is 10.6 Å². The minimum atomic E-state index is -0.284. The summed E-state index contributed by atoms with van der Waals surface area (Å²) in [4.78, 5) is 16.2. The van der Waals surface area contributed by atoms with E-state index in [1.54, 1.807) is 31.4 Å². The monoisotopic (exact) mass is 353 g/mol. The molecule has 0 aliphatic carbocycles. The van der Waals surface area contributed by atoms with Gasteiger partial charge >= 0.3 is 0 Å². The van der Waals surface area contributed by atoms with Gasteiger partial charge in [0, 0.05) is 16.5 Å². The average molecular weight is 355 g/mol. The van der Waals surface area contributed by atoms with Crippen LogP contribution >= 0.6 is 27.5 Å². The zero-order chi connectivity index (χ0) is 14.7. The summed E-state index contributed by atoms with van der Waals surface area (Å²) in [6.45, 7) is 1.90. The SMILES string of the molecule is CNc1ccc(C(=O)Nc2cc(Cl)c(C)cc2Br)nc1. The highest BCUT2D eigenvalue weighted by Gasteiger charge is 2.11. The molecule has 2 N–H and O–H groups in total. The first-order valence-electron chi connectivity index (χ1n) is 5.92. The first-order valence-corrected chi connectivity index (χ1v) is 7.09. The van der Waals surface area contributed by atoms with E-state index in [4.69, 9.17) is 11.6 Å². The standard InChI is InChI=1S/C14H13BrClN3O/c1-8-5-10(15)13(6-11(8)16)19-14(20)12-4-3-9(17-2)7-18-12/h3-7,17H,1-2H3,(H,19,20). The number of nitrogens with zero attached hydrogens (tertiary/aromatic N) is 1. The van der Waals surface area contributed by atoms with Crippen molar-refractivity contribution in [2.75, 3.05) is 17.7 Å². The zero-order valence-electron chi connectivity index (χ0n) is 11.0. The van der Waals surface area contributed by atoms with Crippen molar-refractivity contribution in [3.8, 4) is 0 Å².